The van der Waals surface area contributed by atoms with Gasteiger partial charge in [0.25, 0.3) is 0 Å². The predicted molar refractivity (Wildman–Crippen MR) is 105 cm³/mol. The summed E-state index contributed by atoms with van der Waals surface area (Å²) in [4.78, 5) is 14.0. The molecule has 128 valence electrons. The second kappa shape index (κ2) is 7.36. The maximum absolute atomic E-state index is 9.47. The third-order valence-corrected chi connectivity index (χ3v) is 5.15. The number of hydrogen-bond acceptors (Lipinski definition) is 6. The fourth-order valence-electron chi connectivity index (χ4n) is 3.03. The highest BCUT2D eigenvalue weighted by Crippen LogP contribution is 2.34. The van der Waals surface area contributed by atoms with E-state index < -0.39 is 0 Å². The highest BCUT2D eigenvalue weighted by atomic mass is 35.5. The number of thiophene rings is 1. The van der Waals surface area contributed by atoms with Gasteiger partial charge in [0.15, 0.2) is 0 Å². The number of halogens is 1. The van der Waals surface area contributed by atoms with Crippen LogP contribution in [0.15, 0.2) is 30.3 Å². The predicted octanol–water partition coefficient (Wildman–Crippen LogP) is 3.37. The molecule has 0 radical (unpaired) electrons. The minimum atomic E-state index is 0. The zero-order valence-corrected chi connectivity index (χ0v) is 15.5. The van der Waals surface area contributed by atoms with Gasteiger partial charge in [0.1, 0.15) is 4.83 Å². The maximum Gasteiger partial charge on any atom is 0.227 e. The number of piperazine rings is 1. The van der Waals surface area contributed by atoms with Gasteiger partial charge in [0.05, 0.1) is 17.3 Å². The van der Waals surface area contributed by atoms with Crippen molar-refractivity contribution < 1.29 is 0 Å². The molecule has 3 aromatic rings. The van der Waals surface area contributed by atoms with E-state index in [0.29, 0.717) is 5.56 Å². The second-order valence-corrected chi connectivity index (χ2v) is 7.08. The molecule has 1 N–H and O–H groups in total. The quantitative estimate of drug-likeness (QED) is 0.748. The number of nitrogens with zero attached hydrogens (tertiary/aromatic N) is 4. The van der Waals surface area contributed by atoms with Gasteiger partial charge in [-0.3, -0.25) is 0 Å². The van der Waals surface area contributed by atoms with Gasteiger partial charge >= 0.3 is 0 Å². The molecule has 4 rings (SSSR count). The Morgan fingerprint density at radius 3 is 2.72 bits per heavy atom. The van der Waals surface area contributed by atoms with Crippen molar-refractivity contribution >= 4 is 39.9 Å². The first-order valence-corrected chi connectivity index (χ1v) is 8.81. The van der Waals surface area contributed by atoms with Gasteiger partial charge in [0, 0.05) is 42.0 Å². The molecule has 3 heterocycles. The van der Waals surface area contributed by atoms with Crippen LogP contribution < -0.4 is 10.2 Å². The van der Waals surface area contributed by atoms with Crippen LogP contribution >= 0.6 is 23.7 Å². The number of rotatable bonds is 2. The summed E-state index contributed by atoms with van der Waals surface area (Å²) in [5, 5.41) is 13.8. The van der Waals surface area contributed by atoms with E-state index in [2.05, 4.69) is 29.3 Å². The van der Waals surface area contributed by atoms with E-state index in [9.17, 15) is 5.26 Å². The number of fused-ring (bicyclic) bond motifs is 1. The average molecular weight is 372 g/mol. The molecular weight excluding hydrogens is 354 g/mol. The summed E-state index contributed by atoms with van der Waals surface area (Å²) in [5.41, 5.74) is 2.38. The molecular formula is C18H18ClN5S. The van der Waals surface area contributed by atoms with E-state index in [1.807, 2.05) is 24.3 Å². The summed E-state index contributed by atoms with van der Waals surface area (Å²) in [6.07, 6.45) is 0. The number of benzene rings is 1. The van der Waals surface area contributed by atoms with Gasteiger partial charge in [-0.1, -0.05) is 18.2 Å². The van der Waals surface area contributed by atoms with Crippen molar-refractivity contribution in [3.63, 3.8) is 0 Å². The summed E-state index contributed by atoms with van der Waals surface area (Å²) in [5.74, 6) is 0.758. The van der Waals surface area contributed by atoms with Crippen molar-refractivity contribution in [2.45, 2.75) is 6.92 Å². The first kappa shape index (κ1) is 17.6. The van der Waals surface area contributed by atoms with Gasteiger partial charge in [-0.15, -0.1) is 23.7 Å². The second-order valence-electron chi connectivity index (χ2n) is 5.84. The SMILES string of the molecule is Cc1cc2c(-c3ccccc3C#N)nc(N3CCNCC3)nc2s1.Cl. The highest BCUT2D eigenvalue weighted by molar-refractivity contribution is 7.18. The molecule has 5 nitrogen and oxygen atoms in total. The Kier molecular flexibility index (Phi) is 5.19. The number of aromatic nitrogens is 2. The Hall–Kier alpha value is -2.20. The van der Waals surface area contributed by atoms with Crippen molar-refractivity contribution in [1.29, 1.82) is 5.26 Å². The lowest BCUT2D eigenvalue weighted by atomic mass is 10.0. The summed E-state index contributed by atoms with van der Waals surface area (Å²) in [7, 11) is 0. The topological polar surface area (TPSA) is 64.8 Å². The first-order chi connectivity index (χ1) is 11.8. The Morgan fingerprint density at radius 1 is 1.20 bits per heavy atom. The minimum Gasteiger partial charge on any atom is -0.338 e. The number of hydrogen-bond donors (Lipinski definition) is 1. The van der Waals surface area contributed by atoms with Gasteiger partial charge in [-0.2, -0.15) is 5.26 Å². The molecule has 1 saturated heterocycles. The molecule has 0 aliphatic carbocycles. The lowest BCUT2D eigenvalue weighted by Gasteiger charge is -2.27. The third-order valence-electron chi connectivity index (χ3n) is 4.21. The molecule has 0 spiro atoms. The van der Waals surface area contributed by atoms with Crippen LogP contribution in [-0.4, -0.2) is 36.1 Å². The van der Waals surface area contributed by atoms with Gasteiger partial charge in [-0.05, 0) is 19.1 Å². The van der Waals surface area contributed by atoms with Crippen molar-refractivity contribution in [3.8, 4) is 17.3 Å². The van der Waals surface area contributed by atoms with E-state index in [0.717, 1.165) is 53.6 Å². The third kappa shape index (κ3) is 3.31. The van der Waals surface area contributed by atoms with E-state index in [4.69, 9.17) is 9.97 Å². The normalized spacial score (nSPS) is 14.2. The zero-order valence-electron chi connectivity index (χ0n) is 13.8. The van der Waals surface area contributed by atoms with E-state index in [1.165, 1.54) is 4.88 Å². The van der Waals surface area contributed by atoms with Gasteiger partial charge < -0.3 is 10.2 Å². The van der Waals surface area contributed by atoms with Crippen LogP contribution in [0.2, 0.25) is 0 Å². The largest absolute Gasteiger partial charge is 0.338 e. The van der Waals surface area contributed by atoms with Crippen molar-refractivity contribution in [2.75, 3.05) is 31.1 Å². The van der Waals surface area contributed by atoms with Crippen molar-refractivity contribution in [2.24, 2.45) is 0 Å². The minimum absolute atomic E-state index is 0. The molecule has 0 unspecified atom stereocenters. The fourth-order valence-corrected chi connectivity index (χ4v) is 3.90. The van der Waals surface area contributed by atoms with Gasteiger partial charge in [0.2, 0.25) is 5.95 Å². The number of anilines is 1. The first-order valence-electron chi connectivity index (χ1n) is 7.99. The monoisotopic (exact) mass is 371 g/mol. The molecule has 7 heteroatoms. The maximum atomic E-state index is 9.47. The molecule has 0 atom stereocenters. The Bertz CT molecular complexity index is 940. The molecule has 1 aromatic carbocycles. The van der Waals surface area contributed by atoms with E-state index in [1.54, 1.807) is 11.3 Å². The van der Waals surface area contributed by atoms with Crippen LogP contribution in [0.1, 0.15) is 10.4 Å². The van der Waals surface area contributed by atoms with Gasteiger partial charge in [-0.25, -0.2) is 9.97 Å². The zero-order chi connectivity index (χ0) is 16.5. The lowest BCUT2D eigenvalue weighted by molar-refractivity contribution is 0.581. The van der Waals surface area contributed by atoms with Crippen molar-refractivity contribution in [3.05, 3.63) is 40.8 Å². The molecule has 1 aliphatic rings. The van der Waals surface area contributed by atoms with Crippen LogP contribution in [0.5, 0.6) is 0 Å². The molecule has 1 fully saturated rings. The number of nitrogens with one attached hydrogen (secondary N) is 1. The van der Waals surface area contributed by atoms with Crippen LogP contribution in [-0.2, 0) is 0 Å². The molecule has 25 heavy (non-hydrogen) atoms. The average Bonchev–Trinajstić information content (AvgIpc) is 3.01. The molecule has 1 aliphatic heterocycles. The Balaban J connectivity index is 0.00000182. The molecule has 0 saturated carbocycles. The molecule has 0 amide bonds. The molecule has 0 bridgehead atoms. The Labute approximate surface area is 156 Å². The standard InChI is InChI=1S/C18H17N5S.ClH/c1-12-10-15-16(14-5-3-2-4-13(14)11-19)21-18(22-17(15)24-12)23-8-6-20-7-9-23;/h2-5,10,20H,6-9H2,1H3;1H. The summed E-state index contributed by atoms with van der Waals surface area (Å²) < 4.78 is 0. The fraction of sp³-hybridized carbons (Fsp3) is 0.278. The Morgan fingerprint density at radius 2 is 1.96 bits per heavy atom. The van der Waals surface area contributed by atoms with Crippen molar-refractivity contribution in [1.82, 2.24) is 15.3 Å². The summed E-state index contributed by atoms with van der Waals surface area (Å²) >= 11 is 1.68. The van der Waals surface area contributed by atoms with E-state index >= 15 is 0 Å². The number of nitriles is 1. The summed E-state index contributed by atoms with van der Waals surface area (Å²) in [6.45, 7) is 5.76. The van der Waals surface area contributed by atoms with Crippen LogP contribution in [0.25, 0.3) is 21.5 Å². The smallest absolute Gasteiger partial charge is 0.227 e. The lowest BCUT2D eigenvalue weighted by Crippen LogP contribution is -2.44. The van der Waals surface area contributed by atoms with Crippen LogP contribution in [0.3, 0.4) is 0 Å². The van der Waals surface area contributed by atoms with Crippen LogP contribution in [0.4, 0.5) is 5.95 Å². The summed E-state index contributed by atoms with van der Waals surface area (Å²) in [6, 6.07) is 12.0. The van der Waals surface area contributed by atoms with Crippen LogP contribution in [0, 0.1) is 18.3 Å². The number of aryl methyl sites for hydroxylation is 1. The molecule has 2 aromatic heterocycles. The van der Waals surface area contributed by atoms with E-state index in [-0.39, 0.29) is 12.4 Å². The highest BCUT2D eigenvalue weighted by Gasteiger charge is 2.19.